The summed E-state index contributed by atoms with van der Waals surface area (Å²) in [6, 6.07) is 5.83. The molecule has 17 heavy (non-hydrogen) atoms. The highest BCUT2D eigenvalue weighted by molar-refractivity contribution is 9.09. The van der Waals surface area contributed by atoms with Crippen LogP contribution in [0.25, 0.3) is 0 Å². The average molecular weight is 297 g/mol. The van der Waals surface area contributed by atoms with E-state index in [0.717, 1.165) is 31.4 Å². The van der Waals surface area contributed by atoms with Crippen molar-refractivity contribution < 1.29 is 4.79 Å². The van der Waals surface area contributed by atoms with Gasteiger partial charge in [-0.25, -0.2) is 4.98 Å². The fraction of sp³-hybridized carbons (Fsp3) is 0.538. The number of carbonyl (C=O) groups is 1. The molecule has 3 nitrogen and oxygen atoms in total. The Hall–Kier alpha value is -0.900. The molecule has 1 aromatic rings. The molecule has 0 radical (unpaired) electrons. The van der Waals surface area contributed by atoms with Crippen LogP contribution >= 0.6 is 15.9 Å². The van der Waals surface area contributed by atoms with E-state index in [1.165, 1.54) is 0 Å². The molecule has 0 atom stereocenters. The van der Waals surface area contributed by atoms with Gasteiger partial charge >= 0.3 is 0 Å². The van der Waals surface area contributed by atoms with Gasteiger partial charge in [0.25, 0.3) is 5.91 Å². The summed E-state index contributed by atoms with van der Waals surface area (Å²) in [5, 5.41) is 3.06. The van der Waals surface area contributed by atoms with E-state index in [4.69, 9.17) is 0 Å². The first kappa shape index (κ1) is 12.6. The molecule has 1 aliphatic rings. The quantitative estimate of drug-likeness (QED) is 0.853. The zero-order valence-corrected chi connectivity index (χ0v) is 11.5. The van der Waals surface area contributed by atoms with Gasteiger partial charge in [-0.05, 0) is 44.7 Å². The number of aryl methyl sites for hydroxylation is 1. The third-order valence-electron chi connectivity index (χ3n) is 3.11. The number of hydrogen-bond acceptors (Lipinski definition) is 2. The van der Waals surface area contributed by atoms with Gasteiger partial charge < -0.3 is 5.32 Å². The summed E-state index contributed by atoms with van der Waals surface area (Å²) in [4.78, 5) is 16.8. The van der Waals surface area contributed by atoms with Crippen LogP contribution in [-0.4, -0.2) is 21.8 Å². The number of amides is 1. The van der Waals surface area contributed by atoms with E-state index in [1.807, 2.05) is 19.1 Å². The van der Waals surface area contributed by atoms with Crippen LogP contribution < -0.4 is 5.32 Å². The lowest BCUT2D eigenvalue weighted by Gasteiger charge is -2.25. The summed E-state index contributed by atoms with van der Waals surface area (Å²) in [6.45, 7) is 1.90. The Balaban J connectivity index is 1.93. The zero-order valence-electron chi connectivity index (χ0n) is 9.95. The number of hydrogen-bond donors (Lipinski definition) is 1. The van der Waals surface area contributed by atoms with Crippen LogP contribution in [0.5, 0.6) is 0 Å². The Labute approximate surface area is 110 Å². The lowest BCUT2D eigenvalue weighted by molar-refractivity contribution is 0.0923. The summed E-state index contributed by atoms with van der Waals surface area (Å²) in [5.41, 5.74) is 1.40. The molecule has 4 heteroatoms. The minimum absolute atomic E-state index is 0.0493. The Morgan fingerprint density at radius 1 is 1.35 bits per heavy atom. The van der Waals surface area contributed by atoms with Crippen molar-refractivity contribution in [2.75, 3.05) is 0 Å². The largest absolute Gasteiger partial charge is 0.348 e. The second-order valence-corrected chi connectivity index (χ2v) is 5.88. The molecule has 1 heterocycles. The van der Waals surface area contributed by atoms with Crippen molar-refractivity contribution >= 4 is 21.8 Å². The summed E-state index contributed by atoms with van der Waals surface area (Å²) < 4.78 is 0. The SMILES string of the molecule is Cc1cccc(C(=O)NC2CCC(Br)CC2)n1. The van der Waals surface area contributed by atoms with Crippen molar-refractivity contribution in [1.82, 2.24) is 10.3 Å². The predicted octanol–water partition coefficient (Wildman–Crippen LogP) is 2.83. The van der Waals surface area contributed by atoms with Crippen LogP contribution in [0.3, 0.4) is 0 Å². The predicted molar refractivity (Wildman–Crippen MR) is 71.4 cm³/mol. The van der Waals surface area contributed by atoms with Crippen LogP contribution in [-0.2, 0) is 0 Å². The van der Waals surface area contributed by atoms with E-state index < -0.39 is 0 Å². The van der Waals surface area contributed by atoms with Crippen LogP contribution in [0.1, 0.15) is 41.9 Å². The van der Waals surface area contributed by atoms with Crippen molar-refractivity contribution in [1.29, 1.82) is 0 Å². The third kappa shape index (κ3) is 3.53. The Kier molecular flexibility index (Phi) is 4.15. The zero-order chi connectivity index (χ0) is 12.3. The molecule has 0 unspecified atom stereocenters. The van der Waals surface area contributed by atoms with E-state index in [2.05, 4.69) is 26.2 Å². The minimum Gasteiger partial charge on any atom is -0.348 e. The molecule has 1 saturated carbocycles. The van der Waals surface area contributed by atoms with Gasteiger partial charge in [0.1, 0.15) is 5.69 Å². The number of pyridine rings is 1. The van der Waals surface area contributed by atoms with Gasteiger partial charge in [0.05, 0.1) is 0 Å². The molecule has 0 spiro atoms. The molecule has 1 aromatic heterocycles. The molecule has 0 saturated heterocycles. The maximum absolute atomic E-state index is 12.0. The van der Waals surface area contributed by atoms with E-state index in [9.17, 15) is 4.79 Å². The highest BCUT2D eigenvalue weighted by Crippen LogP contribution is 2.24. The number of nitrogens with zero attached hydrogens (tertiary/aromatic N) is 1. The van der Waals surface area contributed by atoms with E-state index >= 15 is 0 Å². The first-order valence-electron chi connectivity index (χ1n) is 6.04. The van der Waals surface area contributed by atoms with Crippen LogP contribution in [0.15, 0.2) is 18.2 Å². The lowest BCUT2D eigenvalue weighted by atomic mass is 9.95. The average Bonchev–Trinajstić information content (AvgIpc) is 2.32. The molecule has 1 N–H and O–H groups in total. The monoisotopic (exact) mass is 296 g/mol. The van der Waals surface area contributed by atoms with E-state index in [0.29, 0.717) is 16.6 Å². The topological polar surface area (TPSA) is 42.0 Å². The van der Waals surface area contributed by atoms with Crippen molar-refractivity contribution in [2.45, 2.75) is 43.5 Å². The lowest BCUT2D eigenvalue weighted by Crippen LogP contribution is -2.38. The highest BCUT2D eigenvalue weighted by atomic mass is 79.9. The van der Waals surface area contributed by atoms with Gasteiger partial charge in [-0.3, -0.25) is 4.79 Å². The molecule has 92 valence electrons. The number of halogens is 1. The number of aromatic nitrogens is 1. The van der Waals surface area contributed by atoms with E-state index in [-0.39, 0.29) is 5.91 Å². The van der Waals surface area contributed by atoms with Crippen LogP contribution in [0.2, 0.25) is 0 Å². The summed E-state index contributed by atoms with van der Waals surface area (Å²) in [5.74, 6) is -0.0493. The smallest absolute Gasteiger partial charge is 0.270 e. The second-order valence-electron chi connectivity index (χ2n) is 4.59. The van der Waals surface area contributed by atoms with Gasteiger partial charge in [-0.2, -0.15) is 0 Å². The molecule has 1 aliphatic carbocycles. The summed E-state index contributed by atoms with van der Waals surface area (Å²) in [6.07, 6.45) is 4.36. The summed E-state index contributed by atoms with van der Waals surface area (Å²) in [7, 11) is 0. The second kappa shape index (κ2) is 5.63. The fourth-order valence-corrected chi connectivity index (χ4v) is 2.65. The van der Waals surface area contributed by atoms with Gasteiger partial charge in [0, 0.05) is 16.6 Å². The first-order valence-corrected chi connectivity index (χ1v) is 6.95. The normalized spacial score (nSPS) is 24.4. The van der Waals surface area contributed by atoms with Gasteiger partial charge in [0.2, 0.25) is 0 Å². The Bertz CT molecular complexity index is 400. The highest BCUT2D eigenvalue weighted by Gasteiger charge is 2.21. The molecule has 1 amide bonds. The minimum atomic E-state index is -0.0493. The number of carbonyl (C=O) groups excluding carboxylic acids is 1. The summed E-state index contributed by atoms with van der Waals surface area (Å²) >= 11 is 3.61. The van der Waals surface area contributed by atoms with Crippen molar-refractivity contribution in [3.05, 3.63) is 29.6 Å². The fourth-order valence-electron chi connectivity index (χ4n) is 2.13. The Morgan fingerprint density at radius 2 is 2.06 bits per heavy atom. The molecule has 0 bridgehead atoms. The van der Waals surface area contributed by atoms with Crippen LogP contribution in [0.4, 0.5) is 0 Å². The molecule has 1 fully saturated rings. The number of alkyl halides is 1. The molecule has 0 aliphatic heterocycles. The Morgan fingerprint density at radius 3 is 2.71 bits per heavy atom. The maximum Gasteiger partial charge on any atom is 0.270 e. The van der Waals surface area contributed by atoms with E-state index in [1.54, 1.807) is 6.07 Å². The van der Waals surface area contributed by atoms with Crippen LogP contribution in [0, 0.1) is 6.92 Å². The van der Waals surface area contributed by atoms with Gasteiger partial charge in [0.15, 0.2) is 0 Å². The number of rotatable bonds is 2. The standard InChI is InChI=1S/C13H17BrN2O/c1-9-3-2-4-12(15-9)13(17)16-11-7-5-10(14)6-8-11/h2-4,10-11H,5-8H2,1H3,(H,16,17). The molecule has 2 rings (SSSR count). The van der Waals surface area contributed by atoms with Crippen molar-refractivity contribution in [2.24, 2.45) is 0 Å². The number of nitrogens with one attached hydrogen (secondary N) is 1. The molecular weight excluding hydrogens is 280 g/mol. The third-order valence-corrected chi connectivity index (χ3v) is 4.03. The van der Waals surface area contributed by atoms with Gasteiger partial charge in [-0.15, -0.1) is 0 Å². The van der Waals surface area contributed by atoms with Crippen molar-refractivity contribution in [3.8, 4) is 0 Å². The van der Waals surface area contributed by atoms with Crippen molar-refractivity contribution in [3.63, 3.8) is 0 Å². The molecule has 0 aromatic carbocycles. The maximum atomic E-state index is 12.0. The van der Waals surface area contributed by atoms with Gasteiger partial charge in [-0.1, -0.05) is 22.0 Å². The molecular formula is C13H17BrN2O. The first-order chi connectivity index (χ1) is 8.15.